The molecular formula is C14H22N2O. The first-order valence-corrected chi connectivity index (χ1v) is 6.82. The lowest BCUT2D eigenvalue weighted by Gasteiger charge is -2.06. The number of aromatic nitrogens is 2. The van der Waals surface area contributed by atoms with Crippen molar-refractivity contribution in [2.24, 2.45) is 5.92 Å². The molecule has 1 saturated carbocycles. The second-order valence-electron chi connectivity index (χ2n) is 4.88. The van der Waals surface area contributed by atoms with Gasteiger partial charge in [0.2, 0.25) is 0 Å². The number of nitrogens with zero attached hydrogens (tertiary/aromatic N) is 2. The maximum Gasteiger partial charge on any atom is 0.166 e. The molecule has 3 nitrogen and oxygen atoms in total. The molecule has 0 N–H and O–H groups in total. The highest BCUT2D eigenvalue weighted by molar-refractivity contribution is 5.98. The molecule has 1 heterocycles. The lowest BCUT2D eigenvalue weighted by molar-refractivity contribution is 0.0986. The molecule has 1 aliphatic rings. The van der Waals surface area contributed by atoms with E-state index in [4.69, 9.17) is 0 Å². The quantitative estimate of drug-likeness (QED) is 0.709. The highest BCUT2D eigenvalue weighted by Gasteiger charge is 2.26. The van der Waals surface area contributed by atoms with Crippen molar-refractivity contribution >= 4 is 5.78 Å². The zero-order valence-electron chi connectivity index (χ0n) is 11.1. The van der Waals surface area contributed by atoms with Crippen LogP contribution >= 0.6 is 0 Å². The Balaban J connectivity index is 2.38. The molecule has 0 aromatic carbocycles. The predicted molar refractivity (Wildman–Crippen MR) is 68.3 cm³/mol. The fraction of sp³-hybridized carbons (Fsp3) is 0.714. The summed E-state index contributed by atoms with van der Waals surface area (Å²) in [6.45, 7) is 7.13. The van der Waals surface area contributed by atoms with E-state index in [0.717, 1.165) is 42.3 Å². The predicted octanol–water partition coefficient (Wildman–Crippen LogP) is 3.01. The van der Waals surface area contributed by atoms with E-state index >= 15 is 0 Å². The van der Waals surface area contributed by atoms with Gasteiger partial charge in [0.15, 0.2) is 5.78 Å². The SMILES string of the molecule is CCC(=O)c1c(CC)nn(CC2CC2)c1CC. The van der Waals surface area contributed by atoms with E-state index in [-0.39, 0.29) is 5.78 Å². The minimum absolute atomic E-state index is 0.251. The van der Waals surface area contributed by atoms with Gasteiger partial charge < -0.3 is 0 Å². The highest BCUT2D eigenvalue weighted by Crippen LogP contribution is 2.31. The molecule has 2 rings (SSSR count). The second kappa shape index (κ2) is 5.03. The van der Waals surface area contributed by atoms with Crippen molar-refractivity contribution in [3.63, 3.8) is 0 Å². The van der Waals surface area contributed by atoms with Crippen LogP contribution in [0.15, 0.2) is 0 Å². The van der Waals surface area contributed by atoms with Gasteiger partial charge in [0.25, 0.3) is 0 Å². The Labute approximate surface area is 103 Å². The summed E-state index contributed by atoms with van der Waals surface area (Å²) < 4.78 is 2.10. The van der Waals surface area contributed by atoms with Crippen molar-refractivity contribution < 1.29 is 4.79 Å². The molecule has 0 unspecified atom stereocenters. The minimum atomic E-state index is 0.251. The molecule has 0 aliphatic heterocycles. The summed E-state index contributed by atoms with van der Waals surface area (Å²) in [7, 11) is 0. The highest BCUT2D eigenvalue weighted by atomic mass is 16.1. The van der Waals surface area contributed by atoms with Crippen LogP contribution in [0, 0.1) is 5.92 Å². The van der Waals surface area contributed by atoms with E-state index in [1.807, 2.05) is 6.92 Å². The van der Waals surface area contributed by atoms with Crippen molar-refractivity contribution in [2.45, 2.75) is 59.4 Å². The molecule has 0 radical (unpaired) electrons. The zero-order chi connectivity index (χ0) is 12.4. The van der Waals surface area contributed by atoms with Crippen LogP contribution < -0.4 is 0 Å². The van der Waals surface area contributed by atoms with Crippen LogP contribution in [0.5, 0.6) is 0 Å². The third-order valence-corrected chi connectivity index (χ3v) is 3.53. The Kier molecular flexibility index (Phi) is 3.65. The first-order valence-electron chi connectivity index (χ1n) is 6.82. The van der Waals surface area contributed by atoms with Crippen molar-refractivity contribution in [1.82, 2.24) is 9.78 Å². The van der Waals surface area contributed by atoms with Crippen LogP contribution in [0.3, 0.4) is 0 Å². The van der Waals surface area contributed by atoms with Gasteiger partial charge in [0, 0.05) is 18.7 Å². The van der Waals surface area contributed by atoms with E-state index < -0.39 is 0 Å². The van der Waals surface area contributed by atoms with Crippen LogP contribution in [-0.4, -0.2) is 15.6 Å². The fourth-order valence-corrected chi connectivity index (χ4v) is 2.35. The molecule has 17 heavy (non-hydrogen) atoms. The van der Waals surface area contributed by atoms with Crippen molar-refractivity contribution in [3.05, 3.63) is 17.0 Å². The van der Waals surface area contributed by atoms with Gasteiger partial charge in [-0.3, -0.25) is 9.48 Å². The third kappa shape index (κ3) is 2.43. The molecule has 1 aromatic rings. The van der Waals surface area contributed by atoms with Crippen LogP contribution in [0.2, 0.25) is 0 Å². The van der Waals surface area contributed by atoms with Crippen molar-refractivity contribution in [2.75, 3.05) is 0 Å². The number of carbonyl (C=O) groups is 1. The first-order chi connectivity index (χ1) is 8.21. The summed E-state index contributed by atoms with van der Waals surface area (Å²) in [6, 6.07) is 0. The Hall–Kier alpha value is -1.12. The van der Waals surface area contributed by atoms with Gasteiger partial charge >= 0.3 is 0 Å². The monoisotopic (exact) mass is 234 g/mol. The Morgan fingerprint density at radius 3 is 2.47 bits per heavy atom. The van der Waals surface area contributed by atoms with Crippen molar-refractivity contribution in [3.8, 4) is 0 Å². The average molecular weight is 234 g/mol. The van der Waals surface area contributed by atoms with Gasteiger partial charge in [-0.25, -0.2) is 0 Å². The largest absolute Gasteiger partial charge is 0.294 e. The zero-order valence-corrected chi connectivity index (χ0v) is 11.1. The maximum absolute atomic E-state index is 12.0. The molecule has 0 bridgehead atoms. The number of ketones is 1. The number of aryl methyl sites for hydroxylation is 1. The molecule has 1 aromatic heterocycles. The van der Waals surface area contributed by atoms with Gasteiger partial charge in [-0.1, -0.05) is 20.8 Å². The average Bonchev–Trinajstić information content (AvgIpc) is 3.08. The van der Waals surface area contributed by atoms with Crippen LogP contribution in [0.25, 0.3) is 0 Å². The van der Waals surface area contributed by atoms with E-state index in [2.05, 4.69) is 23.6 Å². The number of hydrogen-bond donors (Lipinski definition) is 0. The van der Waals surface area contributed by atoms with Crippen LogP contribution in [-0.2, 0) is 19.4 Å². The molecular weight excluding hydrogens is 212 g/mol. The number of hydrogen-bond acceptors (Lipinski definition) is 2. The molecule has 1 fully saturated rings. The van der Waals surface area contributed by atoms with Crippen LogP contribution in [0.4, 0.5) is 0 Å². The normalized spacial score (nSPS) is 15.2. The van der Waals surface area contributed by atoms with Gasteiger partial charge in [0.05, 0.1) is 11.3 Å². The summed E-state index contributed by atoms with van der Waals surface area (Å²) in [5, 5.41) is 4.64. The van der Waals surface area contributed by atoms with Crippen molar-refractivity contribution in [1.29, 1.82) is 0 Å². The molecule has 0 spiro atoms. The van der Waals surface area contributed by atoms with Crippen LogP contribution in [0.1, 0.15) is 61.8 Å². The number of rotatable bonds is 6. The summed E-state index contributed by atoms with van der Waals surface area (Å²) in [4.78, 5) is 12.0. The van der Waals surface area contributed by atoms with Gasteiger partial charge in [-0.2, -0.15) is 5.10 Å². The van der Waals surface area contributed by atoms with E-state index in [1.165, 1.54) is 12.8 Å². The van der Waals surface area contributed by atoms with Gasteiger partial charge in [-0.15, -0.1) is 0 Å². The lowest BCUT2D eigenvalue weighted by Crippen LogP contribution is -2.08. The molecule has 0 atom stereocenters. The fourth-order valence-electron chi connectivity index (χ4n) is 2.35. The first kappa shape index (κ1) is 12.3. The third-order valence-electron chi connectivity index (χ3n) is 3.53. The molecule has 3 heteroatoms. The smallest absolute Gasteiger partial charge is 0.166 e. The maximum atomic E-state index is 12.0. The van der Waals surface area contributed by atoms with E-state index in [9.17, 15) is 4.79 Å². The standard InChI is InChI=1S/C14H22N2O/c1-4-11-14(13(17)6-3)12(5-2)16(15-11)9-10-7-8-10/h10H,4-9H2,1-3H3. The molecule has 0 amide bonds. The second-order valence-corrected chi connectivity index (χ2v) is 4.88. The van der Waals surface area contributed by atoms with Gasteiger partial charge in [0.1, 0.15) is 0 Å². The summed E-state index contributed by atoms with van der Waals surface area (Å²) in [5.74, 6) is 1.05. The minimum Gasteiger partial charge on any atom is -0.294 e. The van der Waals surface area contributed by atoms with Gasteiger partial charge in [-0.05, 0) is 31.6 Å². The summed E-state index contributed by atoms with van der Waals surface area (Å²) >= 11 is 0. The Bertz CT molecular complexity index is 416. The molecule has 0 saturated heterocycles. The number of Topliss-reactive ketones (excluding diaryl/α,β-unsaturated/α-hetero) is 1. The Morgan fingerprint density at radius 1 is 1.29 bits per heavy atom. The summed E-state index contributed by atoms with van der Waals surface area (Å²) in [5.41, 5.74) is 3.06. The summed E-state index contributed by atoms with van der Waals surface area (Å²) in [6.07, 6.45) is 4.98. The molecule has 1 aliphatic carbocycles. The topological polar surface area (TPSA) is 34.9 Å². The lowest BCUT2D eigenvalue weighted by atomic mass is 10.0. The molecule has 94 valence electrons. The number of carbonyl (C=O) groups excluding carboxylic acids is 1. The van der Waals surface area contributed by atoms with E-state index in [0.29, 0.717) is 6.42 Å². The van der Waals surface area contributed by atoms with E-state index in [1.54, 1.807) is 0 Å². The Morgan fingerprint density at radius 2 is 2.00 bits per heavy atom.